The summed E-state index contributed by atoms with van der Waals surface area (Å²) >= 11 is 18.3. The summed E-state index contributed by atoms with van der Waals surface area (Å²) in [5.74, 6) is -0.978. The maximum absolute atomic E-state index is 12.1. The number of amides is 1. The van der Waals surface area contributed by atoms with Crippen LogP contribution in [0.5, 0.6) is 5.75 Å². The van der Waals surface area contributed by atoms with Crippen LogP contribution in [0.15, 0.2) is 45.6 Å². The molecule has 1 saturated heterocycles. The summed E-state index contributed by atoms with van der Waals surface area (Å²) in [5, 5.41) is 15.2. The number of carboxylic acids is 1. The molecule has 3 aromatic rings. The number of ether oxygens (including phenoxy) is 1. The number of hydrogen-bond donors (Lipinski definition) is 3. The fourth-order valence-corrected chi connectivity index (χ4v) is 5.32. The molecule has 49 heavy (non-hydrogen) atoms. The first-order valence-electron chi connectivity index (χ1n) is 15.2. The lowest BCUT2D eigenvalue weighted by Gasteiger charge is -2.16. The lowest BCUT2D eigenvalue weighted by molar-refractivity contribution is -0.165. The summed E-state index contributed by atoms with van der Waals surface area (Å²) in [4.78, 5) is 48.2. The molecule has 0 saturated carbocycles. The molecule has 1 aliphatic rings. The van der Waals surface area contributed by atoms with Gasteiger partial charge in [0.15, 0.2) is 7.37 Å². The van der Waals surface area contributed by atoms with Crippen LogP contribution >= 0.6 is 42.2 Å². The van der Waals surface area contributed by atoms with Gasteiger partial charge in [0, 0.05) is 29.3 Å². The van der Waals surface area contributed by atoms with E-state index in [0.717, 1.165) is 10.2 Å². The molecule has 1 amide bonds. The Balaban J connectivity index is 0.000000272. The molecule has 272 valence electrons. The maximum atomic E-state index is 12.1. The molecule has 2 heterocycles. The van der Waals surface area contributed by atoms with Crippen molar-refractivity contribution < 1.29 is 38.1 Å². The summed E-state index contributed by atoms with van der Waals surface area (Å²) in [6, 6.07) is 9.53. The highest BCUT2D eigenvalue weighted by atomic mass is 35.5. The molecule has 2 unspecified atom stereocenters. The smallest absolute Gasteiger partial charge is 0.442 e. The Morgan fingerprint density at radius 1 is 1.12 bits per heavy atom. The maximum Gasteiger partial charge on any atom is 0.442 e. The molecule has 13 nitrogen and oxygen atoms in total. The zero-order valence-corrected chi connectivity index (χ0v) is 31.9. The van der Waals surface area contributed by atoms with Crippen LogP contribution in [0.1, 0.15) is 66.3 Å². The molecule has 0 spiro atoms. The number of carbonyl (C=O) groups excluding carboxylic acids is 1. The molecule has 0 radical (unpaired) electrons. The van der Waals surface area contributed by atoms with Crippen molar-refractivity contribution in [1.29, 1.82) is 0 Å². The summed E-state index contributed by atoms with van der Waals surface area (Å²) in [5.41, 5.74) is 5.54. The van der Waals surface area contributed by atoms with Crippen LogP contribution in [0.4, 0.5) is 0 Å². The zero-order chi connectivity index (χ0) is 37.5. The van der Waals surface area contributed by atoms with E-state index in [2.05, 4.69) is 5.10 Å². The van der Waals surface area contributed by atoms with Gasteiger partial charge in [0.1, 0.15) is 11.8 Å². The average molecular weight is 766 g/mol. The van der Waals surface area contributed by atoms with Crippen LogP contribution in [-0.4, -0.2) is 68.3 Å². The number of hydroxylamine groups is 2. The van der Waals surface area contributed by atoms with E-state index in [-0.39, 0.29) is 35.0 Å². The molecule has 0 aliphatic carbocycles. The standard InChI is InChI=1S/C15H18Cl2N2O3.C12H14ClNO2.C5H12NO4P/c1-8(2)21-12-7-11(9(16)6-10(12)17)19-14(20)22-13(18-19)15(3,4)5;1-12(2)8-16-14(11(12)15)7-9-5-3-4-6-10(9)13;1-11(9,10)3-2-4(6)5(7)8/h6-8H,1-5H3;3-6H,7-8H2,1-2H3;4H,2-3,6H2,1H3,(H,7,8)(H,9,10). The minimum Gasteiger partial charge on any atom is -0.489 e. The Hall–Kier alpha value is -2.90. The number of rotatable bonds is 9. The van der Waals surface area contributed by atoms with Gasteiger partial charge in [0.2, 0.25) is 5.89 Å². The average Bonchev–Trinajstić information content (AvgIpc) is 3.49. The van der Waals surface area contributed by atoms with E-state index in [9.17, 15) is 18.9 Å². The summed E-state index contributed by atoms with van der Waals surface area (Å²) in [6.07, 6.45) is -0.0641. The summed E-state index contributed by atoms with van der Waals surface area (Å²) in [6.45, 7) is 15.2. The lowest BCUT2D eigenvalue weighted by Crippen LogP contribution is -2.30. The second kappa shape index (κ2) is 17.4. The SMILES string of the molecule is CC(C)Oc1cc(-n2nc(C(C)(C)C)oc2=O)c(Cl)cc1Cl.CC1(C)CON(Cc2ccccc2Cl)C1=O.CP(=O)(O)CCC(N)C(=O)O. The van der Waals surface area contributed by atoms with Crippen LogP contribution in [-0.2, 0) is 31.0 Å². The molecule has 2 aromatic carbocycles. The third-order valence-corrected chi connectivity index (χ3v) is 8.67. The Morgan fingerprint density at radius 2 is 1.73 bits per heavy atom. The van der Waals surface area contributed by atoms with Crippen molar-refractivity contribution in [3.05, 3.63) is 73.5 Å². The van der Waals surface area contributed by atoms with Gasteiger partial charge in [-0.25, -0.2) is 9.86 Å². The number of aromatic nitrogens is 2. The number of halogens is 3. The van der Waals surface area contributed by atoms with Gasteiger partial charge in [-0.2, -0.15) is 4.68 Å². The van der Waals surface area contributed by atoms with E-state index >= 15 is 0 Å². The quantitative estimate of drug-likeness (QED) is 0.201. The first-order chi connectivity index (χ1) is 22.4. The van der Waals surface area contributed by atoms with Crippen LogP contribution in [0.3, 0.4) is 0 Å². The van der Waals surface area contributed by atoms with Crippen LogP contribution in [0.2, 0.25) is 15.1 Å². The van der Waals surface area contributed by atoms with E-state index in [4.69, 9.17) is 64.5 Å². The number of nitrogens with zero attached hydrogens (tertiary/aromatic N) is 3. The van der Waals surface area contributed by atoms with Crippen molar-refractivity contribution >= 4 is 54.0 Å². The third-order valence-electron chi connectivity index (χ3n) is 6.61. The normalized spacial score (nSPS) is 15.9. The van der Waals surface area contributed by atoms with Crippen molar-refractivity contribution in [1.82, 2.24) is 14.8 Å². The molecular weight excluding hydrogens is 722 g/mol. The number of benzene rings is 2. The summed E-state index contributed by atoms with van der Waals surface area (Å²) in [7, 11) is -3.10. The first kappa shape index (κ1) is 42.3. The number of carboxylic acid groups (broad SMARTS) is 1. The Labute approximate surface area is 300 Å². The topological polar surface area (TPSA) is 187 Å². The van der Waals surface area contributed by atoms with Gasteiger partial charge in [-0.1, -0.05) is 73.8 Å². The highest BCUT2D eigenvalue weighted by Gasteiger charge is 2.40. The van der Waals surface area contributed by atoms with E-state index < -0.39 is 30.6 Å². The number of nitrogens with two attached hydrogens (primary N) is 1. The van der Waals surface area contributed by atoms with E-state index in [0.29, 0.717) is 40.5 Å². The van der Waals surface area contributed by atoms with E-state index in [1.165, 1.54) is 17.8 Å². The second-order valence-corrected chi connectivity index (χ2v) is 17.1. The third kappa shape index (κ3) is 13.1. The van der Waals surface area contributed by atoms with Crippen molar-refractivity contribution in [2.45, 2.75) is 79.0 Å². The highest BCUT2D eigenvalue weighted by molar-refractivity contribution is 7.57. The highest BCUT2D eigenvalue weighted by Crippen LogP contribution is 2.36. The molecule has 0 bridgehead atoms. The second-order valence-electron chi connectivity index (χ2n) is 13.3. The zero-order valence-electron chi connectivity index (χ0n) is 28.7. The van der Waals surface area contributed by atoms with E-state index in [1.54, 1.807) is 6.07 Å². The molecule has 1 fully saturated rings. The molecule has 4 rings (SSSR count). The van der Waals surface area contributed by atoms with Crippen LogP contribution in [0.25, 0.3) is 5.69 Å². The fraction of sp³-hybridized carbons (Fsp3) is 0.500. The monoisotopic (exact) mass is 764 g/mol. The van der Waals surface area contributed by atoms with Crippen molar-refractivity contribution in [2.75, 3.05) is 19.4 Å². The van der Waals surface area contributed by atoms with Crippen LogP contribution in [0, 0.1) is 5.41 Å². The van der Waals surface area contributed by atoms with Gasteiger partial charge in [0.25, 0.3) is 5.91 Å². The molecule has 17 heteroatoms. The van der Waals surface area contributed by atoms with Gasteiger partial charge < -0.3 is 24.9 Å². The molecule has 1 aliphatic heterocycles. The largest absolute Gasteiger partial charge is 0.489 e. The fourth-order valence-electron chi connectivity index (χ4n) is 3.86. The molecule has 4 N–H and O–H groups in total. The predicted octanol–water partition coefficient (Wildman–Crippen LogP) is 6.55. The van der Waals surface area contributed by atoms with Gasteiger partial charge in [-0.3, -0.25) is 19.0 Å². The summed E-state index contributed by atoms with van der Waals surface area (Å²) < 4.78 is 22.6. The molecular formula is C32H44Cl3N4O9P. The lowest BCUT2D eigenvalue weighted by atomic mass is 9.95. The number of carbonyl (C=O) groups is 2. The van der Waals surface area contributed by atoms with E-state index in [1.807, 2.05) is 72.7 Å². The Morgan fingerprint density at radius 3 is 2.20 bits per heavy atom. The van der Waals surface area contributed by atoms with Gasteiger partial charge in [-0.15, -0.1) is 5.10 Å². The minimum absolute atomic E-state index is 0.00687. The Kier molecular flexibility index (Phi) is 15.0. The van der Waals surface area contributed by atoms with Gasteiger partial charge >= 0.3 is 11.7 Å². The van der Waals surface area contributed by atoms with Crippen LogP contribution < -0.4 is 16.2 Å². The minimum atomic E-state index is -3.10. The predicted molar refractivity (Wildman–Crippen MR) is 189 cm³/mol. The van der Waals surface area contributed by atoms with Crippen molar-refractivity contribution in [3.63, 3.8) is 0 Å². The van der Waals surface area contributed by atoms with Gasteiger partial charge in [0.05, 0.1) is 40.4 Å². The van der Waals surface area contributed by atoms with Crippen molar-refractivity contribution in [2.24, 2.45) is 11.1 Å². The number of hydrogen-bond acceptors (Lipinski definition) is 9. The van der Waals surface area contributed by atoms with Gasteiger partial charge in [-0.05, 0) is 51.8 Å². The number of aliphatic carboxylic acids is 1. The Bertz CT molecular complexity index is 1710. The molecule has 2 atom stereocenters. The molecule has 1 aromatic heterocycles. The van der Waals surface area contributed by atoms with Crippen molar-refractivity contribution in [3.8, 4) is 11.4 Å². The first-order valence-corrected chi connectivity index (χ1v) is 18.6.